The van der Waals surface area contributed by atoms with Crippen LogP contribution in [0.25, 0.3) is 0 Å². The molecular formula is C16H22FN3O. The molecular weight excluding hydrogens is 269 g/mol. The Balaban J connectivity index is 2.50. The first-order valence-corrected chi connectivity index (χ1v) is 7.22. The maximum atomic E-state index is 13.6. The Labute approximate surface area is 125 Å². The van der Waals surface area contributed by atoms with Crippen LogP contribution in [0.4, 0.5) is 4.39 Å². The normalized spacial score (nSPS) is 18.2. The average molecular weight is 291 g/mol. The quantitative estimate of drug-likeness (QED) is 0.878. The number of nitrogens with one attached hydrogen (secondary N) is 1. The molecule has 0 aromatic heterocycles. The molecule has 0 spiro atoms. The summed E-state index contributed by atoms with van der Waals surface area (Å²) in [5.41, 5.74) is 0.221. The lowest BCUT2D eigenvalue weighted by molar-refractivity contribution is 0.0841. The number of halogens is 1. The molecule has 5 heteroatoms. The molecule has 1 atom stereocenters. The smallest absolute Gasteiger partial charge is 0.144 e. The van der Waals surface area contributed by atoms with E-state index in [1.54, 1.807) is 12.1 Å². The number of benzene rings is 1. The summed E-state index contributed by atoms with van der Waals surface area (Å²) in [5.74, 6) is -0.900. The molecule has 1 fully saturated rings. The van der Waals surface area contributed by atoms with E-state index < -0.39 is 5.82 Å². The molecule has 0 radical (unpaired) electrons. The van der Waals surface area contributed by atoms with Crippen molar-refractivity contribution in [2.24, 2.45) is 5.41 Å². The summed E-state index contributed by atoms with van der Waals surface area (Å²) in [6.07, 6.45) is 0. The van der Waals surface area contributed by atoms with Crippen LogP contribution in [0.3, 0.4) is 0 Å². The molecule has 1 aromatic rings. The Morgan fingerprint density at radius 2 is 1.95 bits per heavy atom. The molecule has 1 heterocycles. The van der Waals surface area contributed by atoms with Crippen LogP contribution in [-0.2, 0) is 0 Å². The van der Waals surface area contributed by atoms with Crippen LogP contribution in [0, 0.1) is 22.6 Å². The number of aromatic hydroxyl groups is 1. The van der Waals surface area contributed by atoms with Crippen LogP contribution in [0.15, 0.2) is 12.1 Å². The van der Waals surface area contributed by atoms with E-state index in [4.69, 9.17) is 5.26 Å². The Morgan fingerprint density at radius 1 is 1.33 bits per heavy atom. The van der Waals surface area contributed by atoms with E-state index in [2.05, 4.69) is 31.0 Å². The van der Waals surface area contributed by atoms with Crippen LogP contribution >= 0.6 is 0 Å². The van der Waals surface area contributed by atoms with Crippen molar-refractivity contribution in [3.63, 3.8) is 0 Å². The van der Waals surface area contributed by atoms with Gasteiger partial charge in [-0.05, 0) is 11.5 Å². The van der Waals surface area contributed by atoms with Gasteiger partial charge in [0.2, 0.25) is 0 Å². The zero-order valence-corrected chi connectivity index (χ0v) is 12.8. The van der Waals surface area contributed by atoms with Gasteiger partial charge in [0.1, 0.15) is 23.2 Å². The lowest BCUT2D eigenvalue weighted by Gasteiger charge is -2.42. The zero-order chi connectivity index (χ0) is 15.6. The minimum Gasteiger partial charge on any atom is -0.506 e. The Bertz CT molecular complexity index is 554. The summed E-state index contributed by atoms with van der Waals surface area (Å²) in [7, 11) is 0. The van der Waals surface area contributed by atoms with Crippen molar-refractivity contribution in [3.8, 4) is 11.8 Å². The molecule has 0 unspecified atom stereocenters. The van der Waals surface area contributed by atoms with Crippen LogP contribution in [0.2, 0.25) is 0 Å². The van der Waals surface area contributed by atoms with E-state index in [1.165, 1.54) is 6.07 Å². The van der Waals surface area contributed by atoms with E-state index in [-0.39, 0.29) is 22.8 Å². The van der Waals surface area contributed by atoms with Gasteiger partial charge in [-0.2, -0.15) is 5.26 Å². The summed E-state index contributed by atoms with van der Waals surface area (Å²) in [4.78, 5) is 2.28. The first kappa shape index (κ1) is 15.7. The fourth-order valence-electron chi connectivity index (χ4n) is 3.06. The van der Waals surface area contributed by atoms with E-state index in [1.807, 2.05) is 0 Å². The molecule has 1 saturated heterocycles. The van der Waals surface area contributed by atoms with Crippen molar-refractivity contribution in [1.82, 2.24) is 10.2 Å². The topological polar surface area (TPSA) is 59.3 Å². The van der Waals surface area contributed by atoms with E-state index in [9.17, 15) is 9.50 Å². The highest BCUT2D eigenvalue weighted by atomic mass is 19.1. The third kappa shape index (κ3) is 3.17. The lowest BCUT2D eigenvalue weighted by Crippen LogP contribution is -2.48. The first-order chi connectivity index (χ1) is 9.86. The zero-order valence-electron chi connectivity index (χ0n) is 12.8. The van der Waals surface area contributed by atoms with Gasteiger partial charge >= 0.3 is 0 Å². The highest BCUT2D eigenvalue weighted by Crippen LogP contribution is 2.43. The van der Waals surface area contributed by atoms with Crippen molar-refractivity contribution in [2.75, 3.05) is 26.2 Å². The highest BCUT2D eigenvalue weighted by molar-refractivity contribution is 5.50. The van der Waals surface area contributed by atoms with Crippen LogP contribution in [0.5, 0.6) is 5.75 Å². The molecule has 4 nitrogen and oxygen atoms in total. The molecule has 1 aliphatic rings. The maximum absolute atomic E-state index is 13.6. The maximum Gasteiger partial charge on any atom is 0.144 e. The minimum atomic E-state index is -0.674. The van der Waals surface area contributed by atoms with Gasteiger partial charge in [-0.3, -0.25) is 4.90 Å². The molecule has 0 bridgehead atoms. The van der Waals surface area contributed by atoms with Crippen molar-refractivity contribution in [3.05, 3.63) is 29.1 Å². The largest absolute Gasteiger partial charge is 0.506 e. The summed E-state index contributed by atoms with van der Waals surface area (Å²) < 4.78 is 13.6. The molecule has 0 saturated carbocycles. The number of piperazine rings is 1. The van der Waals surface area contributed by atoms with Crippen LogP contribution in [0.1, 0.15) is 37.9 Å². The predicted octanol–water partition coefficient (Wildman–Crippen LogP) is 2.40. The van der Waals surface area contributed by atoms with Crippen molar-refractivity contribution in [1.29, 1.82) is 5.26 Å². The van der Waals surface area contributed by atoms with Crippen LogP contribution < -0.4 is 5.32 Å². The molecule has 1 aromatic carbocycles. The van der Waals surface area contributed by atoms with Gasteiger partial charge in [-0.25, -0.2) is 4.39 Å². The molecule has 2 N–H and O–H groups in total. The van der Waals surface area contributed by atoms with Gasteiger partial charge in [-0.1, -0.05) is 26.8 Å². The van der Waals surface area contributed by atoms with Gasteiger partial charge in [0, 0.05) is 37.8 Å². The molecule has 0 amide bonds. The number of phenolic OH excluding ortho intramolecular Hbond substituents is 1. The fourth-order valence-corrected chi connectivity index (χ4v) is 3.06. The minimum absolute atomic E-state index is 0.0627. The SMILES string of the molecule is CC(C)(C)[C@H](c1ccc(F)c(C#N)c1O)N1CCNCC1. The molecule has 2 rings (SSSR count). The monoisotopic (exact) mass is 291 g/mol. The van der Waals surface area contributed by atoms with E-state index in [0.717, 1.165) is 26.2 Å². The third-order valence-corrected chi connectivity index (χ3v) is 3.90. The number of phenols is 1. The molecule has 0 aliphatic carbocycles. The second kappa shape index (κ2) is 6.00. The van der Waals surface area contributed by atoms with Gasteiger partial charge in [0.15, 0.2) is 0 Å². The fraction of sp³-hybridized carbons (Fsp3) is 0.562. The second-order valence-corrected chi connectivity index (χ2v) is 6.53. The second-order valence-electron chi connectivity index (χ2n) is 6.53. The van der Waals surface area contributed by atoms with Crippen molar-refractivity contribution in [2.45, 2.75) is 26.8 Å². The average Bonchev–Trinajstić information content (AvgIpc) is 2.42. The lowest BCUT2D eigenvalue weighted by atomic mass is 9.80. The number of nitriles is 1. The molecule has 21 heavy (non-hydrogen) atoms. The first-order valence-electron chi connectivity index (χ1n) is 7.22. The van der Waals surface area contributed by atoms with Gasteiger partial charge in [-0.15, -0.1) is 0 Å². The van der Waals surface area contributed by atoms with Crippen molar-refractivity contribution < 1.29 is 9.50 Å². The summed E-state index contributed by atoms with van der Waals surface area (Å²) in [5, 5.41) is 22.7. The third-order valence-electron chi connectivity index (χ3n) is 3.90. The molecule has 114 valence electrons. The summed E-state index contributed by atoms with van der Waals surface area (Å²) in [6.45, 7) is 9.78. The number of nitrogens with zero attached hydrogens (tertiary/aromatic N) is 2. The van der Waals surface area contributed by atoms with Gasteiger partial charge in [0.05, 0.1) is 0 Å². The number of hydrogen-bond donors (Lipinski definition) is 2. The number of rotatable bonds is 2. The highest BCUT2D eigenvalue weighted by Gasteiger charge is 2.35. The van der Waals surface area contributed by atoms with E-state index in [0.29, 0.717) is 5.56 Å². The predicted molar refractivity (Wildman–Crippen MR) is 79.4 cm³/mol. The van der Waals surface area contributed by atoms with Gasteiger partial charge in [0.25, 0.3) is 0 Å². The Morgan fingerprint density at radius 3 is 2.48 bits per heavy atom. The Kier molecular flexibility index (Phi) is 4.50. The molecule has 1 aliphatic heterocycles. The Hall–Kier alpha value is -1.64. The van der Waals surface area contributed by atoms with Crippen molar-refractivity contribution >= 4 is 0 Å². The number of hydrogen-bond acceptors (Lipinski definition) is 4. The summed E-state index contributed by atoms with van der Waals surface area (Å²) >= 11 is 0. The summed E-state index contributed by atoms with van der Waals surface area (Å²) in [6, 6.07) is 4.57. The van der Waals surface area contributed by atoms with Gasteiger partial charge < -0.3 is 10.4 Å². The van der Waals surface area contributed by atoms with Crippen LogP contribution in [-0.4, -0.2) is 36.2 Å². The van der Waals surface area contributed by atoms with E-state index >= 15 is 0 Å². The standard InChI is InChI=1S/C16H22FN3O/c1-16(2,3)15(20-8-6-19-7-9-20)11-4-5-13(17)12(10-18)14(11)21/h4-5,15,19,21H,6-9H2,1-3H3/t15-/m0/s1.